The third kappa shape index (κ3) is 3.59. The Morgan fingerprint density at radius 3 is 2.40 bits per heavy atom. The van der Waals surface area contributed by atoms with Crippen LogP contribution in [0.2, 0.25) is 0 Å². The average Bonchev–Trinajstić information content (AvgIpc) is 2.39. The number of rotatable bonds is 4. The predicted molar refractivity (Wildman–Crippen MR) is 87.3 cm³/mol. The minimum atomic E-state index is 0.641. The second-order valence-electron chi connectivity index (χ2n) is 4.69. The molecule has 106 valence electrons. The monoisotopic (exact) mass is 351 g/mol. The molecule has 0 aliphatic carbocycles. The Morgan fingerprint density at radius 1 is 1.15 bits per heavy atom. The van der Waals surface area contributed by atoms with E-state index in [1.54, 1.807) is 11.8 Å². The first kappa shape index (κ1) is 15.5. The predicted octanol–water partition coefficient (Wildman–Crippen LogP) is 3.82. The van der Waals surface area contributed by atoms with E-state index in [1.807, 2.05) is 19.9 Å². The minimum absolute atomic E-state index is 0.641. The van der Waals surface area contributed by atoms with Crippen molar-refractivity contribution in [2.24, 2.45) is 5.73 Å². The van der Waals surface area contributed by atoms with Crippen LogP contribution in [-0.4, -0.2) is 16.5 Å². The van der Waals surface area contributed by atoms with Crippen molar-refractivity contribution in [3.8, 4) is 0 Å². The van der Waals surface area contributed by atoms with E-state index in [0.717, 1.165) is 37.9 Å². The highest BCUT2D eigenvalue weighted by Gasteiger charge is 2.10. The molecule has 1 heterocycles. The summed E-state index contributed by atoms with van der Waals surface area (Å²) in [5.74, 6) is 0. The quantitative estimate of drug-likeness (QED) is 0.850. The molecular formula is C15H18BrN3S. The van der Waals surface area contributed by atoms with Crippen LogP contribution in [0.25, 0.3) is 0 Å². The fourth-order valence-electron chi connectivity index (χ4n) is 1.87. The number of halogens is 1. The van der Waals surface area contributed by atoms with Crippen molar-refractivity contribution >= 4 is 27.7 Å². The highest BCUT2D eigenvalue weighted by molar-refractivity contribution is 9.10. The van der Waals surface area contributed by atoms with Gasteiger partial charge < -0.3 is 5.73 Å². The first-order valence-electron chi connectivity index (χ1n) is 6.49. The summed E-state index contributed by atoms with van der Waals surface area (Å²) in [5, 5.41) is 0.793. The van der Waals surface area contributed by atoms with Gasteiger partial charge in [-0.2, -0.15) is 0 Å². The zero-order valence-electron chi connectivity index (χ0n) is 11.9. The fraction of sp³-hybridized carbons (Fsp3) is 0.333. The molecule has 0 saturated carbocycles. The summed E-state index contributed by atoms with van der Waals surface area (Å²) >= 11 is 5.11. The largest absolute Gasteiger partial charge is 0.330 e. The van der Waals surface area contributed by atoms with E-state index >= 15 is 0 Å². The number of aryl methyl sites for hydroxylation is 2. The van der Waals surface area contributed by atoms with E-state index in [2.05, 4.69) is 45.0 Å². The smallest absolute Gasteiger partial charge is 0.192 e. The molecule has 0 aliphatic rings. The molecule has 0 radical (unpaired) electrons. The molecule has 0 atom stereocenters. The molecule has 0 bridgehead atoms. The number of nitrogens with two attached hydrogens (primary N) is 1. The van der Waals surface area contributed by atoms with Gasteiger partial charge in [-0.15, -0.1) is 0 Å². The molecule has 0 saturated heterocycles. The SMILES string of the molecule is Cc1nc(Sc2cc(Br)ccc2CCN)nc(C)c1C. The normalized spacial score (nSPS) is 10.8. The molecular weight excluding hydrogens is 334 g/mol. The molecule has 1 aromatic carbocycles. The molecule has 0 fully saturated rings. The minimum Gasteiger partial charge on any atom is -0.330 e. The van der Waals surface area contributed by atoms with Gasteiger partial charge in [0.15, 0.2) is 5.16 Å². The third-order valence-corrected chi connectivity index (χ3v) is 4.71. The Kier molecular flexibility index (Phi) is 5.18. The van der Waals surface area contributed by atoms with Crippen molar-refractivity contribution in [1.82, 2.24) is 9.97 Å². The van der Waals surface area contributed by atoms with Crippen LogP contribution in [-0.2, 0) is 6.42 Å². The summed E-state index contributed by atoms with van der Waals surface area (Å²) in [5.41, 5.74) is 10.1. The topological polar surface area (TPSA) is 51.8 Å². The Labute approximate surface area is 132 Å². The van der Waals surface area contributed by atoms with E-state index in [1.165, 1.54) is 5.56 Å². The van der Waals surface area contributed by atoms with Crippen LogP contribution in [0.3, 0.4) is 0 Å². The van der Waals surface area contributed by atoms with Gasteiger partial charge >= 0.3 is 0 Å². The third-order valence-electron chi connectivity index (χ3n) is 3.26. The molecule has 0 spiro atoms. The van der Waals surface area contributed by atoms with Crippen LogP contribution < -0.4 is 5.73 Å². The number of hydrogen-bond acceptors (Lipinski definition) is 4. The van der Waals surface area contributed by atoms with E-state index in [4.69, 9.17) is 5.73 Å². The molecule has 0 amide bonds. The maximum atomic E-state index is 5.68. The first-order chi connectivity index (χ1) is 9.51. The second kappa shape index (κ2) is 6.70. The van der Waals surface area contributed by atoms with E-state index < -0.39 is 0 Å². The summed E-state index contributed by atoms with van der Waals surface area (Å²) in [6.45, 7) is 6.74. The van der Waals surface area contributed by atoms with Crippen LogP contribution in [0.4, 0.5) is 0 Å². The summed E-state index contributed by atoms with van der Waals surface area (Å²) in [7, 11) is 0. The second-order valence-corrected chi connectivity index (χ2v) is 6.62. The van der Waals surface area contributed by atoms with Crippen LogP contribution in [0.15, 0.2) is 32.7 Å². The molecule has 1 aromatic heterocycles. The van der Waals surface area contributed by atoms with Crippen LogP contribution in [0, 0.1) is 20.8 Å². The lowest BCUT2D eigenvalue weighted by Gasteiger charge is -2.10. The van der Waals surface area contributed by atoms with Gasteiger partial charge in [-0.3, -0.25) is 0 Å². The van der Waals surface area contributed by atoms with Gasteiger partial charge in [0, 0.05) is 20.8 Å². The number of hydrogen-bond donors (Lipinski definition) is 1. The summed E-state index contributed by atoms with van der Waals surface area (Å²) in [6, 6.07) is 6.25. The van der Waals surface area contributed by atoms with Gasteiger partial charge in [0.05, 0.1) is 0 Å². The number of benzene rings is 1. The number of nitrogens with zero attached hydrogens (tertiary/aromatic N) is 2. The maximum absolute atomic E-state index is 5.68. The van der Waals surface area contributed by atoms with Crippen molar-refractivity contribution in [1.29, 1.82) is 0 Å². The Balaban J connectivity index is 2.36. The van der Waals surface area contributed by atoms with Gasteiger partial charge in [-0.25, -0.2) is 9.97 Å². The molecule has 2 rings (SSSR count). The van der Waals surface area contributed by atoms with Crippen molar-refractivity contribution in [2.45, 2.75) is 37.2 Å². The Morgan fingerprint density at radius 2 is 1.80 bits per heavy atom. The van der Waals surface area contributed by atoms with Gasteiger partial charge in [0.2, 0.25) is 0 Å². The van der Waals surface area contributed by atoms with Crippen molar-refractivity contribution in [3.63, 3.8) is 0 Å². The molecule has 0 unspecified atom stereocenters. The van der Waals surface area contributed by atoms with Crippen molar-refractivity contribution in [2.75, 3.05) is 6.54 Å². The molecule has 0 aliphatic heterocycles. The summed E-state index contributed by atoms with van der Waals surface area (Å²) in [6.07, 6.45) is 0.861. The zero-order valence-corrected chi connectivity index (χ0v) is 14.3. The van der Waals surface area contributed by atoms with Gasteiger partial charge in [-0.05, 0) is 68.8 Å². The summed E-state index contributed by atoms with van der Waals surface area (Å²) in [4.78, 5) is 10.3. The highest BCUT2D eigenvalue weighted by Crippen LogP contribution is 2.31. The standard InChI is InChI=1S/C15H18BrN3S/c1-9-10(2)18-15(19-11(9)3)20-14-8-13(16)5-4-12(14)6-7-17/h4-5,8H,6-7,17H2,1-3H3. The zero-order chi connectivity index (χ0) is 14.7. The lowest BCUT2D eigenvalue weighted by molar-refractivity contribution is 0.878. The average molecular weight is 352 g/mol. The maximum Gasteiger partial charge on any atom is 0.192 e. The van der Waals surface area contributed by atoms with E-state index in [0.29, 0.717) is 6.54 Å². The number of aromatic nitrogens is 2. The van der Waals surface area contributed by atoms with Gasteiger partial charge in [0.25, 0.3) is 0 Å². The van der Waals surface area contributed by atoms with Crippen molar-refractivity contribution in [3.05, 3.63) is 45.2 Å². The van der Waals surface area contributed by atoms with E-state index in [9.17, 15) is 0 Å². The van der Waals surface area contributed by atoms with Crippen LogP contribution >= 0.6 is 27.7 Å². The molecule has 2 N–H and O–H groups in total. The van der Waals surface area contributed by atoms with Gasteiger partial charge in [0.1, 0.15) is 0 Å². The van der Waals surface area contributed by atoms with Crippen LogP contribution in [0.5, 0.6) is 0 Å². The molecule has 20 heavy (non-hydrogen) atoms. The Bertz CT molecular complexity index is 606. The highest BCUT2D eigenvalue weighted by atomic mass is 79.9. The first-order valence-corrected chi connectivity index (χ1v) is 8.10. The molecule has 5 heteroatoms. The molecule has 3 nitrogen and oxygen atoms in total. The summed E-state index contributed by atoms with van der Waals surface area (Å²) < 4.78 is 1.06. The van der Waals surface area contributed by atoms with E-state index in [-0.39, 0.29) is 0 Å². The fourth-order valence-corrected chi connectivity index (χ4v) is 3.43. The Hall–Kier alpha value is -0.910. The lowest BCUT2D eigenvalue weighted by Crippen LogP contribution is -2.04. The lowest BCUT2D eigenvalue weighted by atomic mass is 10.1. The van der Waals surface area contributed by atoms with Gasteiger partial charge in [-0.1, -0.05) is 22.0 Å². The van der Waals surface area contributed by atoms with Crippen molar-refractivity contribution < 1.29 is 0 Å². The molecule has 2 aromatic rings. The van der Waals surface area contributed by atoms with Crippen LogP contribution in [0.1, 0.15) is 22.5 Å².